The number of nitrogens with zero attached hydrogens (tertiary/aromatic N) is 5. The summed E-state index contributed by atoms with van der Waals surface area (Å²) >= 11 is 0. The molecule has 0 radical (unpaired) electrons. The Morgan fingerprint density at radius 3 is 2.72 bits per heavy atom. The average Bonchev–Trinajstić information content (AvgIpc) is 3.10. The summed E-state index contributed by atoms with van der Waals surface area (Å²) in [6, 6.07) is 10.4. The van der Waals surface area contributed by atoms with Crippen LogP contribution in [-0.2, 0) is 22.4 Å². The number of fused-ring (bicyclic) bond motifs is 1. The van der Waals surface area contributed by atoms with Gasteiger partial charge in [0, 0.05) is 36.8 Å². The molecule has 0 spiro atoms. The van der Waals surface area contributed by atoms with Gasteiger partial charge in [-0.25, -0.2) is 9.97 Å². The smallest absolute Gasteiger partial charge is 0.236 e. The summed E-state index contributed by atoms with van der Waals surface area (Å²) < 4.78 is 0. The number of hydrogen-bond acceptors (Lipinski definition) is 5. The van der Waals surface area contributed by atoms with E-state index in [0.29, 0.717) is 26.1 Å². The number of benzene rings is 1. The largest absolute Gasteiger partial charge is 0.341 e. The highest BCUT2D eigenvalue weighted by Gasteiger charge is 2.33. The van der Waals surface area contributed by atoms with Crippen molar-refractivity contribution in [3.8, 4) is 0 Å². The van der Waals surface area contributed by atoms with Crippen LogP contribution in [0.1, 0.15) is 47.8 Å². The van der Waals surface area contributed by atoms with E-state index in [1.54, 1.807) is 0 Å². The number of rotatable bonds is 7. The minimum Gasteiger partial charge on any atom is -0.341 e. The third-order valence-electron chi connectivity index (χ3n) is 6.37. The molecule has 32 heavy (non-hydrogen) atoms. The second-order valence-electron chi connectivity index (χ2n) is 9.20. The summed E-state index contributed by atoms with van der Waals surface area (Å²) in [5.41, 5.74) is 3.12. The maximum absolute atomic E-state index is 12.8. The van der Waals surface area contributed by atoms with E-state index >= 15 is 0 Å². The summed E-state index contributed by atoms with van der Waals surface area (Å²) in [5, 5.41) is 0. The van der Waals surface area contributed by atoms with E-state index in [0.717, 1.165) is 55.1 Å². The first-order valence-corrected chi connectivity index (χ1v) is 11.6. The van der Waals surface area contributed by atoms with E-state index in [4.69, 9.17) is 9.97 Å². The highest BCUT2D eigenvalue weighted by Crippen LogP contribution is 2.33. The van der Waals surface area contributed by atoms with Crippen LogP contribution in [0, 0.1) is 6.92 Å². The Kier molecular flexibility index (Phi) is 6.84. The highest BCUT2D eigenvalue weighted by molar-refractivity contribution is 6.00. The molecule has 170 valence electrons. The molecule has 1 aromatic heterocycles. The molecule has 0 unspecified atom stereocenters. The fourth-order valence-corrected chi connectivity index (χ4v) is 4.68. The topological polar surface area (TPSA) is 69.6 Å². The number of carbonyl (C=O) groups is 2. The van der Waals surface area contributed by atoms with Gasteiger partial charge in [-0.1, -0.05) is 30.3 Å². The van der Waals surface area contributed by atoms with Crippen molar-refractivity contribution in [1.82, 2.24) is 19.8 Å². The average molecular weight is 436 g/mol. The first-order chi connectivity index (χ1) is 15.4. The van der Waals surface area contributed by atoms with Crippen molar-refractivity contribution >= 4 is 17.6 Å². The van der Waals surface area contributed by atoms with Crippen molar-refractivity contribution < 1.29 is 9.59 Å². The van der Waals surface area contributed by atoms with Gasteiger partial charge in [0.05, 0.1) is 13.0 Å². The summed E-state index contributed by atoms with van der Waals surface area (Å²) in [5.74, 6) is 1.92. The lowest BCUT2D eigenvalue weighted by molar-refractivity contribution is -0.133. The standard InChI is InChI=1S/C25H33N5O2/c1-18-21-15-22(31)30(14-7-11-19-9-5-4-6-10-19)25(21)27-24(26-18)20-12-8-13-29(16-20)23(32)17-28(2)3/h4-6,9-10,20H,7-8,11-17H2,1-3H3/t20-/m0/s1. The molecule has 0 aliphatic carbocycles. The van der Waals surface area contributed by atoms with Crippen molar-refractivity contribution in [2.45, 2.75) is 44.9 Å². The molecule has 7 heteroatoms. The number of likely N-dealkylation sites (tertiary alicyclic amines) is 1. The van der Waals surface area contributed by atoms with Crippen LogP contribution in [0.3, 0.4) is 0 Å². The molecule has 2 amide bonds. The number of aromatic nitrogens is 2. The Hall–Kier alpha value is -2.80. The molecular weight excluding hydrogens is 402 g/mol. The van der Waals surface area contributed by atoms with Crippen molar-refractivity contribution in [2.24, 2.45) is 0 Å². The third-order valence-corrected chi connectivity index (χ3v) is 6.37. The number of carbonyl (C=O) groups excluding carboxylic acids is 2. The van der Waals surface area contributed by atoms with Crippen molar-refractivity contribution in [1.29, 1.82) is 0 Å². The Morgan fingerprint density at radius 1 is 1.19 bits per heavy atom. The van der Waals surface area contributed by atoms with E-state index in [2.05, 4.69) is 12.1 Å². The van der Waals surface area contributed by atoms with Crippen molar-refractivity contribution in [3.05, 3.63) is 53.0 Å². The van der Waals surface area contributed by atoms with Gasteiger partial charge in [-0.2, -0.15) is 0 Å². The molecule has 7 nitrogen and oxygen atoms in total. The van der Waals surface area contributed by atoms with E-state index < -0.39 is 0 Å². The van der Waals surface area contributed by atoms with Gasteiger partial charge in [0.1, 0.15) is 11.6 Å². The molecule has 2 aliphatic rings. The van der Waals surface area contributed by atoms with Gasteiger partial charge in [0.15, 0.2) is 0 Å². The zero-order valence-corrected chi connectivity index (χ0v) is 19.4. The van der Waals surface area contributed by atoms with E-state index in [-0.39, 0.29) is 17.7 Å². The van der Waals surface area contributed by atoms with Crippen LogP contribution in [0.25, 0.3) is 0 Å². The first-order valence-electron chi connectivity index (χ1n) is 11.6. The van der Waals surface area contributed by atoms with Crippen LogP contribution in [0.2, 0.25) is 0 Å². The molecule has 3 heterocycles. The summed E-state index contributed by atoms with van der Waals surface area (Å²) in [7, 11) is 3.82. The molecule has 4 rings (SSSR count). The quantitative estimate of drug-likeness (QED) is 0.669. The molecule has 0 bridgehead atoms. The molecular formula is C25H33N5O2. The molecule has 1 aromatic carbocycles. The Labute approximate surface area is 190 Å². The van der Waals surface area contributed by atoms with Crippen LogP contribution in [0.5, 0.6) is 0 Å². The van der Waals surface area contributed by atoms with Gasteiger partial charge in [0.2, 0.25) is 11.8 Å². The summed E-state index contributed by atoms with van der Waals surface area (Å²) in [6.07, 6.45) is 4.12. The molecule has 1 fully saturated rings. The van der Waals surface area contributed by atoms with Crippen LogP contribution in [0.4, 0.5) is 5.82 Å². The Bertz CT molecular complexity index is 976. The number of anilines is 1. The Morgan fingerprint density at radius 2 is 1.97 bits per heavy atom. The molecule has 1 saturated heterocycles. The number of likely N-dealkylation sites (N-methyl/N-ethyl adjacent to an activating group) is 1. The predicted molar refractivity (Wildman–Crippen MR) is 125 cm³/mol. The van der Waals surface area contributed by atoms with Gasteiger partial charge in [-0.15, -0.1) is 0 Å². The molecule has 1 atom stereocenters. The predicted octanol–water partition coefficient (Wildman–Crippen LogP) is 2.57. The van der Waals surface area contributed by atoms with Crippen molar-refractivity contribution in [3.63, 3.8) is 0 Å². The fraction of sp³-hybridized carbons (Fsp3) is 0.520. The summed E-state index contributed by atoms with van der Waals surface area (Å²) in [4.78, 5) is 40.7. The molecule has 0 N–H and O–H groups in total. The van der Waals surface area contributed by atoms with E-state index in [9.17, 15) is 9.59 Å². The summed E-state index contributed by atoms with van der Waals surface area (Å²) in [6.45, 7) is 4.49. The number of piperidine rings is 1. The van der Waals surface area contributed by atoms with Crippen LogP contribution >= 0.6 is 0 Å². The van der Waals surface area contributed by atoms with Gasteiger partial charge in [-0.3, -0.25) is 14.5 Å². The van der Waals surface area contributed by atoms with Crippen LogP contribution in [0.15, 0.2) is 30.3 Å². The minimum absolute atomic E-state index is 0.106. The lowest BCUT2D eigenvalue weighted by Crippen LogP contribution is -2.43. The van der Waals surface area contributed by atoms with E-state index in [1.807, 2.05) is 53.9 Å². The van der Waals surface area contributed by atoms with Crippen LogP contribution < -0.4 is 4.90 Å². The minimum atomic E-state index is 0.106. The van der Waals surface area contributed by atoms with Gasteiger partial charge < -0.3 is 9.80 Å². The highest BCUT2D eigenvalue weighted by atomic mass is 16.2. The lowest BCUT2D eigenvalue weighted by atomic mass is 9.96. The third kappa shape index (κ3) is 4.99. The Balaban J connectivity index is 1.48. The van der Waals surface area contributed by atoms with Gasteiger partial charge in [0.25, 0.3) is 0 Å². The molecule has 2 aromatic rings. The molecule has 2 aliphatic heterocycles. The number of hydrogen-bond donors (Lipinski definition) is 0. The number of aryl methyl sites for hydroxylation is 2. The maximum Gasteiger partial charge on any atom is 0.236 e. The zero-order chi connectivity index (χ0) is 22.7. The first kappa shape index (κ1) is 22.4. The lowest BCUT2D eigenvalue weighted by Gasteiger charge is -2.33. The van der Waals surface area contributed by atoms with Gasteiger partial charge >= 0.3 is 0 Å². The normalized spacial score (nSPS) is 18.4. The SMILES string of the molecule is Cc1nc([C@H]2CCCN(C(=O)CN(C)C)C2)nc2c1CC(=O)N2CCCc1ccccc1. The van der Waals surface area contributed by atoms with Crippen molar-refractivity contribution in [2.75, 3.05) is 45.2 Å². The number of amides is 2. The van der Waals surface area contributed by atoms with Gasteiger partial charge in [-0.05, 0) is 52.3 Å². The van der Waals surface area contributed by atoms with E-state index in [1.165, 1.54) is 5.56 Å². The van der Waals surface area contributed by atoms with Crippen LogP contribution in [-0.4, -0.2) is 71.9 Å². The molecule has 0 saturated carbocycles. The monoisotopic (exact) mass is 435 g/mol. The fourth-order valence-electron chi connectivity index (χ4n) is 4.68. The second kappa shape index (κ2) is 9.77. The second-order valence-corrected chi connectivity index (χ2v) is 9.20. The zero-order valence-electron chi connectivity index (χ0n) is 19.4. The maximum atomic E-state index is 12.8.